The number of nitrogens with zero attached hydrogens (tertiary/aromatic N) is 3. The Labute approximate surface area is 126 Å². The lowest BCUT2D eigenvalue weighted by atomic mass is 10.1. The van der Waals surface area contributed by atoms with Gasteiger partial charge in [-0.05, 0) is 32.0 Å². The van der Waals surface area contributed by atoms with Gasteiger partial charge in [-0.2, -0.15) is 5.10 Å². The normalized spacial score (nSPS) is 12.3. The monoisotopic (exact) mass is 288 g/mol. The van der Waals surface area contributed by atoms with Gasteiger partial charge in [-0.15, -0.1) is 0 Å². The Hall–Kier alpha value is -1.88. The number of para-hydroxylation sites is 1. The van der Waals surface area contributed by atoms with Gasteiger partial charge in [0.2, 0.25) is 0 Å². The summed E-state index contributed by atoms with van der Waals surface area (Å²) in [4.78, 5) is 4.36. The molecule has 0 radical (unpaired) electrons. The highest BCUT2D eigenvalue weighted by molar-refractivity contribution is 5.20. The lowest BCUT2D eigenvalue weighted by Crippen LogP contribution is -2.30. The van der Waals surface area contributed by atoms with Crippen LogP contribution in [0, 0.1) is 0 Å². The highest BCUT2D eigenvalue weighted by Gasteiger charge is 2.12. The molecule has 1 aromatic carbocycles. The predicted molar refractivity (Wildman–Crippen MR) is 83.4 cm³/mol. The van der Waals surface area contributed by atoms with Crippen LogP contribution in [0.2, 0.25) is 0 Å². The number of likely N-dealkylation sites (N-methyl/N-ethyl adjacent to an activating group) is 1. The molecule has 0 saturated heterocycles. The maximum absolute atomic E-state index is 5.75. The topological polar surface area (TPSA) is 52.0 Å². The molecule has 21 heavy (non-hydrogen) atoms. The SMILES string of the molecule is CCCn1ncnc1CC(CCOc1ccccc1)NC. The van der Waals surface area contributed by atoms with E-state index in [4.69, 9.17) is 4.74 Å². The van der Waals surface area contributed by atoms with Crippen molar-refractivity contribution in [1.82, 2.24) is 20.1 Å². The minimum Gasteiger partial charge on any atom is -0.494 e. The Morgan fingerprint density at radius 3 is 2.81 bits per heavy atom. The highest BCUT2D eigenvalue weighted by Crippen LogP contribution is 2.10. The zero-order chi connectivity index (χ0) is 14.9. The van der Waals surface area contributed by atoms with Gasteiger partial charge in [0.1, 0.15) is 17.9 Å². The molecule has 114 valence electrons. The molecule has 5 heteroatoms. The average molecular weight is 288 g/mol. The molecule has 0 aliphatic carbocycles. The van der Waals surface area contributed by atoms with Crippen LogP contribution < -0.4 is 10.1 Å². The van der Waals surface area contributed by atoms with E-state index >= 15 is 0 Å². The van der Waals surface area contributed by atoms with Crippen LogP contribution >= 0.6 is 0 Å². The van der Waals surface area contributed by atoms with Crippen molar-refractivity contribution >= 4 is 0 Å². The fraction of sp³-hybridized carbons (Fsp3) is 0.500. The molecular formula is C16H24N4O. The standard InChI is InChI=1S/C16H24N4O/c1-3-10-20-16(18-13-19-20)12-14(17-2)9-11-21-15-7-5-4-6-8-15/h4-8,13-14,17H,3,9-12H2,1-2H3. The smallest absolute Gasteiger partial charge is 0.138 e. The second kappa shape index (κ2) is 8.42. The van der Waals surface area contributed by atoms with E-state index in [0.29, 0.717) is 12.6 Å². The summed E-state index contributed by atoms with van der Waals surface area (Å²) >= 11 is 0. The van der Waals surface area contributed by atoms with E-state index in [0.717, 1.165) is 37.4 Å². The van der Waals surface area contributed by atoms with Gasteiger partial charge in [0.25, 0.3) is 0 Å². The lowest BCUT2D eigenvalue weighted by molar-refractivity contribution is 0.286. The second-order valence-corrected chi connectivity index (χ2v) is 5.04. The maximum Gasteiger partial charge on any atom is 0.138 e. The molecule has 0 amide bonds. The fourth-order valence-corrected chi connectivity index (χ4v) is 2.25. The summed E-state index contributed by atoms with van der Waals surface area (Å²) < 4.78 is 7.74. The third-order valence-electron chi connectivity index (χ3n) is 3.45. The zero-order valence-corrected chi connectivity index (χ0v) is 12.8. The molecule has 2 rings (SSSR count). The first-order valence-corrected chi connectivity index (χ1v) is 7.55. The average Bonchev–Trinajstić information content (AvgIpc) is 2.95. The maximum atomic E-state index is 5.75. The zero-order valence-electron chi connectivity index (χ0n) is 12.8. The third-order valence-corrected chi connectivity index (χ3v) is 3.45. The van der Waals surface area contributed by atoms with E-state index in [1.54, 1.807) is 6.33 Å². The van der Waals surface area contributed by atoms with Crippen molar-refractivity contribution in [3.8, 4) is 5.75 Å². The van der Waals surface area contributed by atoms with Gasteiger partial charge < -0.3 is 10.1 Å². The molecule has 0 fully saturated rings. The van der Waals surface area contributed by atoms with Crippen LogP contribution in [0.5, 0.6) is 5.75 Å². The number of nitrogens with one attached hydrogen (secondary N) is 1. The Kier molecular flexibility index (Phi) is 6.22. The molecule has 0 aliphatic rings. The highest BCUT2D eigenvalue weighted by atomic mass is 16.5. The lowest BCUT2D eigenvalue weighted by Gasteiger charge is -2.16. The quantitative estimate of drug-likeness (QED) is 0.769. The number of benzene rings is 1. The van der Waals surface area contributed by atoms with Crippen LogP contribution in [0.25, 0.3) is 0 Å². The van der Waals surface area contributed by atoms with Crippen molar-refractivity contribution in [3.05, 3.63) is 42.5 Å². The molecule has 1 heterocycles. The molecular weight excluding hydrogens is 264 g/mol. The molecule has 2 aromatic rings. The van der Waals surface area contributed by atoms with Crippen molar-refractivity contribution in [2.75, 3.05) is 13.7 Å². The number of hydrogen-bond donors (Lipinski definition) is 1. The van der Waals surface area contributed by atoms with E-state index < -0.39 is 0 Å². The number of aromatic nitrogens is 3. The van der Waals surface area contributed by atoms with Crippen LogP contribution in [0.15, 0.2) is 36.7 Å². The van der Waals surface area contributed by atoms with E-state index in [2.05, 4.69) is 22.3 Å². The molecule has 1 aromatic heterocycles. The minimum absolute atomic E-state index is 0.341. The molecule has 0 bridgehead atoms. The minimum atomic E-state index is 0.341. The third kappa shape index (κ3) is 4.86. The van der Waals surface area contributed by atoms with Crippen molar-refractivity contribution in [2.24, 2.45) is 0 Å². The molecule has 1 unspecified atom stereocenters. The molecule has 5 nitrogen and oxygen atoms in total. The molecule has 1 atom stereocenters. The van der Waals surface area contributed by atoms with Crippen molar-refractivity contribution in [2.45, 2.75) is 38.8 Å². The summed E-state index contributed by atoms with van der Waals surface area (Å²) in [6.45, 7) is 3.76. The van der Waals surface area contributed by atoms with Gasteiger partial charge in [-0.25, -0.2) is 4.98 Å². The predicted octanol–water partition coefficient (Wildman–Crippen LogP) is 2.29. The van der Waals surface area contributed by atoms with Crippen LogP contribution in [0.1, 0.15) is 25.6 Å². The van der Waals surface area contributed by atoms with Gasteiger partial charge >= 0.3 is 0 Å². The second-order valence-electron chi connectivity index (χ2n) is 5.04. The summed E-state index contributed by atoms with van der Waals surface area (Å²) in [6.07, 6.45) is 4.51. The van der Waals surface area contributed by atoms with E-state index in [1.807, 2.05) is 42.1 Å². The Bertz CT molecular complexity index is 512. The molecule has 0 saturated carbocycles. The molecule has 1 N–H and O–H groups in total. The van der Waals surface area contributed by atoms with Crippen LogP contribution in [0.3, 0.4) is 0 Å². The van der Waals surface area contributed by atoms with Crippen molar-refractivity contribution in [3.63, 3.8) is 0 Å². The first kappa shape index (κ1) is 15.5. The molecule has 0 spiro atoms. The number of aryl methyl sites for hydroxylation is 1. The van der Waals surface area contributed by atoms with Gasteiger partial charge in [-0.3, -0.25) is 4.68 Å². The van der Waals surface area contributed by atoms with Crippen LogP contribution in [0.4, 0.5) is 0 Å². The summed E-state index contributed by atoms with van der Waals surface area (Å²) in [5, 5.41) is 7.60. The Morgan fingerprint density at radius 1 is 1.29 bits per heavy atom. The largest absolute Gasteiger partial charge is 0.494 e. The first-order chi connectivity index (χ1) is 10.3. The van der Waals surface area contributed by atoms with Gasteiger partial charge in [0, 0.05) is 19.0 Å². The number of ether oxygens (including phenoxy) is 1. The summed E-state index contributed by atoms with van der Waals surface area (Å²) in [5.41, 5.74) is 0. The first-order valence-electron chi connectivity index (χ1n) is 7.55. The molecule has 0 aliphatic heterocycles. The summed E-state index contributed by atoms with van der Waals surface area (Å²) in [5.74, 6) is 1.96. The fourth-order valence-electron chi connectivity index (χ4n) is 2.25. The number of hydrogen-bond acceptors (Lipinski definition) is 4. The number of rotatable bonds is 9. The summed E-state index contributed by atoms with van der Waals surface area (Å²) in [6, 6.07) is 10.3. The summed E-state index contributed by atoms with van der Waals surface area (Å²) in [7, 11) is 1.98. The Balaban J connectivity index is 1.81. The van der Waals surface area contributed by atoms with Gasteiger partial charge in [0.15, 0.2) is 0 Å². The van der Waals surface area contributed by atoms with Crippen LogP contribution in [-0.2, 0) is 13.0 Å². The van der Waals surface area contributed by atoms with E-state index in [9.17, 15) is 0 Å². The van der Waals surface area contributed by atoms with E-state index in [-0.39, 0.29) is 0 Å². The van der Waals surface area contributed by atoms with Gasteiger partial charge in [-0.1, -0.05) is 25.1 Å². The van der Waals surface area contributed by atoms with Crippen LogP contribution in [-0.4, -0.2) is 34.5 Å². The van der Waals surface area contributed by atoms with Crippen molar-refractivity contribution in [1.29, 1.82) is 0 Å². The van der Waals surface area contributed by atoms with Gasteiger partial charge in [0.05, 0.1) is 6.61 Å². The Morgan fingerprint density at radius 2 is 2.10 bits per heavy atom. The van der Waals surface area contributed by atoms with E-state index in [1.165, 1.54) is 0 Å². The van der Waals surface area contributed by atoms with Crippen molar-refractivity contribution < 1.29 is 4.74 Å².